The van der Waals surface area contributed by atoms with E-state index in [1.54, 1.807) is 36.4 Å². The molecule has 0 fully saturated rings. The molecule has 0 spiro atoms. The highest BCUT2D eigenvalue weighted by Crippen LogP contribution is 2.50. The zero-order valence-corrected chi connectivity index (χ0v) is 23.3. The van der Waals surface area contributed by atoms with E-state index in [1.807, 2.05) is 30.3 Å². The molecule has 0 aliphatic carbocycles. The Balaban J connectivity index is 1.56. The number of rotatable bonds is 14. The number of esters is 2. The predicted octanol–water partition coefficient (Wildman–Crippen LogP) is 3.96. The highest BCUT2D eigenvalue weighted by atomic mass is 31.2. The van der Waals surface area contributed by atoms with Gasteiger partial charge in [-0.05, 0) is 36.2 Å². The van der Waals surface area contributed by atoms with Gasteiger partial charge < -0.3 is 20.0 Å². The van der Waals surface area contributed by atoms with Gasteiger partial charge >= 0.3 is 25.7 Å². The Bertz CT molecular complexity index is 1310. The van der Waals surface area contributed by atoms with Crippen molar-refractivity contribution in [2.24, 2.45) is 10.5 Å². The fourth-order valence-corrected chi connectivity index (χ4v) is 3.84. The molecule has 0 amide bonds. The minimum atomic E-state index is -4.80. The lowest BCUT2D eigenvalue weighted by atomic mass is 10.1. The molecule has 42 heavy (non-hydrogen) atoms. The Morgan fingerprint density at radius 2 is 1.21 bits per heavy atom. The molecule has 0 bridgehead atoms. The maximum atomic E-state index is 13.1. The topological polar surface area (TPSA) is 175 Å². The number of hydroxylamine groups is 2. The Hall–Kier alpha value is -4.59. The minimum absolute atomic E-state index is 0.0120. The lowest BCUT2D eigenvalue weighted by molar-refractivity contribution is -0.304. The zero-order chi connectivity index (χ0) is 30.2. The summed E-state index contributed by atoms with van der Waals surface area (Å²) in [4.78, 5) is 50.7. The monoisotopic (exact) mass is 601 g/mol. The first-order valence-electron chi connectivity index (χ1n) is 12.3. The number of guanidine groups is 1. The molecule has 0 aromatic heterocycles. The predicted molar refractivity (Wildman–Crippen MR) is 146 cm³/mol. The summed E-state index contributed by atoms with van der Waals surface area (Å²) < 4.78 is 35.8. The van der Waals surface area contributed by atoms with Crippen molar-refractivity contribution in [3.8, 4) is 0 Å². The normalized spacial score (nSPS) is 11.4. The van der Waals surface area contributed by atoms with Crippen molar-refractivity contribution in [1.82, 2.24) is 5.06 Å². The molecular weight excluding hydrogens is 573 g/mol. The van der Waals surface area contributed by atoms with E-state index in [2.05, 4.69) is 14.5 Å². The molecule has 14 nitrogen and oxygen atoms in total. The third kappa shape index (κ3) is 11.1. The fourth-order valence-electron chi connectivity index (χ4n) is 3.02. The molecule has 0 heterocycles. The summed E-state index contributed by atoms with van der Waals surface area (Å²) in [5, 5.41) is 0.720. The van der Waals surface area contributed by atoms with Crippen molar-refractivity contribution in [1.29, 1.82) is 0 Å². The Labute approximate surface area is 240 Å². The van der Waals surface area contributed by atoms with Crippen LogP contribution in [0.1, 0.15) is 32.7 Å². The van der Waals surface area contributed by atoms with Gasteiger partial charge in [0.2, 0.25) is 19.5 Å². The lowest BCUT2D eigenvalue weighted by Gasteiger charge is -2.18. The van der Waals surface area contributed by atoms with Gasteiger partial charge in [0.05, 0.1) is 17.5 Å². The van der Waals surface area contributed by atoms with E-state index in [4.69, 9.17) is 29.4 Å². The van der Waals surface area contributed by atoms with Gasteiger partial charge in [0.1, 0.15) is 0 Å². The second-order valence-corrected chi connectivity index (χ2v) is 9.52. The van der Waals surface area contributed by atoms with Crippen molar-refractivity contribution in [2.45, 2.75) is 12.8 Å². The minimum Gasteiger partial charge on any atom is -0.432 e. The molecule has 0 saturated carbocycles. The molecule has 3 aromatic carbocycles. The summed E-state index contributed by atoms with van der Waals surface area (Å²) in [7, 11) is -3.58. The van der Waals surface area contributed by atoms with Crippen LogP contribution in [0.25, 0.3) is 0 Å². The smallest absolute Gasteiger partial charge is 0.432 e. The second kappa shape index (κ2) is 16.6. The molecule has 0 aliphatic rings. The van der Waals surface area contributed by atoms with E-state index in [1.165, 1.54) is 31.3 Å². The van der Waals surface area contributed by atoms with Crippen LogP contribution >= 0.6 is 7.75 Å². The number of ether oxygens (including phenoxy) is 2. The van der Waals surface area contributed by atoms with Crippen LogP contribution < -0.4 is 5.73 Å². The molecule has 0 saturated heterocycles. The third-order valence-electron chi connectivity index (χ3n) is 5.04. The van der Waals surface area contributed by atoms with Crippen LogP contribution in [0.3, 0.4) is 0 Å². The van der Waals surface area contributed by atoms with Crippen molar-refractivity contribution < 1.29 is 52.4 Å². The van der Waals surface area contributed by atoms with Gasteiger partial charge in [0.15, 0.2) is 0 Å². The molecule has 2 N–H and O–H groups in total. The van der Waals surface area contributed by atoms with E-state index in [0.717, 1.165) is 10.6 Å². The average Bonchev–Trinajstić information content (AvgIpc) is 3.01. The molecule has 0 radical (unpaired) electrons. The first kappa shape index (κ1) is 31.9. The molecule has 15 heteroatoms. The number of benzene rings is 3. The first-order chi connectivity index (χ1) is 20.3. The second-order valence-electron chi connectivity index (χ2n) is 8.09. The summed E-state index contributed by atoms with van der Waals surface area (Å²) in [6.45, 7) is -1.66. The highest BCUT2D eigenvalue weighted by Gasteiger charge is 2.31. The van der Waals surface area contributed by atoms with Crippen LogP contribution in [0.5, 0.6) is 0 Å². The van der Waals surface area contributed by atoms with Crippen molar-refractivity contribution >= 4 is 31.6 Å². The van der Waals surface area contributed by atoms with Crippen molar-refractivity contribution in [3.05, 3.63) is 108 Å². The molecular formula is C27H28N3O11P. The standard InChI is InChI=1S/C27H28N3O11P/c1-30(39-24(31)18-17-21-11-5-2-6-12-21)27(28)29-42(34,40-37-19-35-25(32)22-13-7-3-8-14-22)41-38-20-36-26(33)23-15-9-4-10-16-23/h2-16H,17-20H2,1H3,(H2,28,29,34). The van der Waals surface area contributed by atoms with Gasteiger partial charge in [0, 0.05) is 7.05 Å². The first-order valence-corrected chi connectivity index (χ1v) is 13.8. The van der Waals surface area contributed by atoms with Crippen LogP contribution in [0.4, 0.5) is 0 Å². The summed E-state index contributed by atoms with van der Waals surface area (Å²) in [5.41, 5.74) is 7.17. The Kier molecular flexibility index (Phi) is 12.6. The van der Waals surface area contributed by atoms with Gasteiger partial charge in [0.25, 0.3) is 0 Å². The molecule has 0 unspecified atom stereocenters. The van der Waals surface area contributed by atoms with E-state index in [-0.39, 0.29) is 17.5 Å². The van der Waals surface area contributed by atoms with Gasteiger partial charge in [-0.15, -0.1) is 14.1 Å². The molecule has 3 aromatic rings. The summed E-state index contributed by atoms with van der Waals surface area (Å²) in [5.74, 6) is -2.82. The maximum Gasteiger partial charge on any atom is 0.511 e. The van der Waals surface area contributed by atoms with Crippen molar-refractivity contribution in [3.63, 3.8) is 0 Å². The lowest BCUT2D eigenvalue weighted by Crippen LogP contribution is -2.36. The van der Waals surface area contributed by atoms with Crippen LogP contribution in [-0.4, -0.2) is 49.6 Å². The number of hydrogen-bond acceptors (Lipinski definition) is 11. The van der Waals surface area contributed by atoms with E-state index >= 15 is 0 Å². The molecule has 3 rings (SSSR count). The van der Waals surface area contributed by atoms with Gasteiger partial charge in [-0.1, -0.05) is 66.7 Å². The Morgan fingerprint density at radius 1 is 0.762 bits per heavy atom. The number of carbonyl (C=O) groups is 3. The largest absolute Gasteiger partial charge is 0.511 e. The molecule has 0 atom stereocenters. The van der Waals surface area contributed by atoms with Crippen LogP contribution in [0.15, 0.2) is 95.8 Å². The van der Waals surface area contributed by atoms with Crippen LogP contribution in [0, 0.1) is 0 Å². The molecule has 0 aliphatic heterocycles. The zero-order valence-electron chi connectivity index (χ0n) is 22.4. The summed E-state index contributed by atoms with van der Waals surface area (Å²) in [6, 6.07) is 25.2. The SMILES string of the molecule is CN(OC(=O)CCc1ccccc1)/C(N)=N/P(=O)(OOCOC(=O)c1ccccc1)OOCOC(=O)c1ccccc1. The number of carbonyl (C=O) groups excluding carboxylic acids is 3. The summed E-state index contributed by atoms with van der Waals surface area (Å²) in [6.07, 6.45) is 0.415. The summed E-state index contributed by atoms with van der Waals surface area (Å²) >= 11 is 0. The van der Waals surface area contributed by atoms with Crippen LogP contribution in [-0.2, 0) is 49.2 Å². The number of nitrogens with zero attached hydrogens (tertiary/aromatic N) is 2. The van der Waals surface area contributed by atoms with Gasteiger partial charge in [-0.3, -0.25) is 0 Å². The quantitative estimate of drug-likeness (QED) is 0.0411. The van der Waals surface area contributed by atoms with Gasteiger partial charge in [-0.2, -0.15) is 14.8 Å². The van der Waals surface area contributed by atoms with E-state index in [9.17, 15) is 18.9 Å². The van der Waals surface area contributed by atoms with E-state index in [0.29, 0.717) is 6.42 Å². The van der Waals surface area contributed by atoms with Gasteiger partial charge in [-0.25, -0.2) is 18.9 Å². The fraction of sp³-hybridized carbons (Fsp3) is 0.185. The van der Waals surface area contributed by atoms with Crippen LogP contribution in [0.2, 0.25) is 0 Å². The van der Waals surface area contributed by atoms with E-state index < -0.39 is 45.2 Å². The third-order valence-corrected chi connectivity index (χ3v) is 6.07. The number of aryl methyl sites for hydroxylation is 1. The number of nitrogens with two attached hydrogens (primary N) is 1. The van der Waals surface area contributed by atoms with Crippen molar-refractivity contribution in [2.75, 3.05) is 20.6 Å². The maximum absolute atomic E-state index is 13.1. The Morgan fingerprint density at radius 3 is 1.69 bits per heavy atom. The number of hydrogen-bond donors (Lipinski definition) is 1. The highest BCUT2D eigenvalue weighted by molar-refractivity contribution is 7.52. The average molecular weight is 602 g/mol. The molecule has 222 valence electrons.